The van der Waals surface area contributed by atoms with Crippen LogP contribution in [0.1, 0.15) is 38.3 Å². The molecule has 0 heterocycles. The topological polar surface area (TPSA) is 20.2 Å². The SMILES string of the molecule is CC(C)(C)C#CC1(O)CCc2cccc3cccc1c23. The van der Waals surface area contributed by atoms with Crippen LogP contribution in [0.3, 0.4) is 0 Å². The van der Waals surface area contributed by atoms with Crippen molar-refractivity contribution in [2.45, 2.75) is 39.2 Å². The molecule has 0 aromatic heterocycles. The Labute approximate surface area is 120 Å². The highest BCUT2D eigenvalue weighted by Crippen LogP contribution is 2.39. The number of hydrogen-bond acceptors (Lipinski definition) is 1. The summed E-state index contributed by atoms with van der Waals surface area (Å²) in [5.41, 5.74) is 1.18. The summed E-state index contributed by atoms with van der Waals surface area (Å²) < 4.78 is 0. The second-order valence-corrected chi connectivity index (χ2v) is 6.68. The van der Waals surface area contributed by atoms with Crippen LogP contribution >= 0.6 is 0 Å². The smallest absolute Gasteiger partial charge is 0.151 e. The van der Waals surface area contributed by atoms with Gasteiger partial charge < -0.3 is 5.11 Å². The molecule has 0 saturated heterocycles. The summed E-state index contributed by atoms with van der Waals surface area (Å²) in [6, 6.07) is 12.5. The Morgan fingerprint density at radius 2 is 1.80 bits per heavy atom. The quantitative estimate of drug-likeness (QED) is 0.712. The van der Waals surface area contributed by atoms with Crippen molar-refractivity contribution in [3.05, 3.63) is 47.5 Å². The Hall–Kier alpha value is -1.78. The molecule has 1 unspecified atom stereocenters. The summed E-state index contributed by atoms with van der Waals surface area (Å²) in [6.45, 7) is 6.21. The predicted octanol–water partition coefficient (Wildman–Crippen LogP) is 4.02. The van der Waals surface area contributed by atoms with Crippen molar-refractivity contribution in [1.82, 2.24) is 0 Å². The van der Waals surface area contributed by atoms with Crippen molar-refractivity contribution in [3.8, 4) is 11.8 Å². The van der Waals surface area contributed by atoms with Gasteiger partial charge in [-0.25, -0.2) is 0 Å². The van der Waals surface area contributed by atoms with E-state index in [9.17, 15) is 5.11 Å². The van der Waals surface area contributed by atoms with E-state index in [4.69, 9.17) is 0 Å². The molecule has 2 aromatic carbocycles. The molecule has 20 heavy (non-hydrogen) atoms. The molecule has 2 aromatic rings. The Morgan fingerprint density at radius 3 is 2.50 bits per heavy atom. The zero-order valence-electron chi connectivity index (χ0n) is 12.3. The highest BCUT2D eigenvalue weighted by Gasteiger charge is 2.33. The summed E-state index contributed by atoms with van der Waals surface area (Å²) in [5.74, 6) is 6.35. The lowest BCUT2D eigenvalue weighted by Gasteiger charge is -2.30. The van der Waals surface area contributed by atoms with E-state index < -0.39 is 5.60 Å². The first-order valence-electron chi connectivity index (χ1n) is 7.17. The van der Waals surface area contributed by atoms with Crippen molar-refractivity contribution in [2.75, 3.05) is 0 Å². The van der Waals surface area contributed by atoms with Gasteiger partial charge in [0.2, 0.25) is 0 Å². The number of benzene rings is 2. The van der Waals surface area contributed by atoms with Crippen molar-refractivity contribution in [2.24, 2.45) is 5.41 Å². The van der Waals surface area contributed by atoms with Crippen molar-refractivity contribution < 1.29 is 5.11 Å². The first-order chi connectivity index (χ1) is 9.39. The number of aryl methyl sites for hydroxylation is 1. The lowest BCUT2D eigenvalue weighted by atomic mass is 9.78. The normalized spacial score (nSPS) is 21.4. The van der Waals surface area contributed by atoms with Crippen LogP contribution in [0, 0.1) is 17.3 Å². The van der Waals surface area contributed by atoms with Gasteiger partial charge in [0.1, 0.15) is 0 Å². The van der Waals surface area contributed by atoms with Gasteiger partial charge in [-0.15, -0.1) is 0 Å². The average Bonchev–Trinajstić information content (AvgIpc) is 2.41. The van der Waals surface area contributed by atoms with Gasteiger partial charge in [0.15, 0.2) is 5.60 Å². The third-order valence-electron chi connectivity index (χ3n) is 3.84. The first-order valence-corrected chi connectivity index (χ1v) is 7.17. The maximum Gasteiger partial charge on any atom is 0.151 e. The fraction of sp³-hybridized carbons (Fsp3) is 0.368. The molecule has 0 amide bonds. The second-order valence-electron chi connectivity index (χ2n) is 6.68. The second kappa shape index (κ2) is 4.36. The van der Waals surface area contributed by atoms with Crippen molar-refractivity contribution in [1.29, 1.82) is 0 Å². The summed E-state index contributed by atoms with van der Waals surface area (Å²) in [4.78, 5) is 0. The van der Waals surface area contributed by atoms with E-state index in [1.807, 2.05) is 12.1 Å². The molecule has 0 bridgehead atoms. The zero-order valence-corrected chi connectivity index (χ0v) is 12.3. The maximum absolute atomic E-state index is 11.0. The molecule has 0 radical (unpaired) electrons. The summed E-state index contributed by atoms with van der Waals surface area (Å²) >= 11 is 0. The molecular formula is C19H20O. The van der Waals surface area contributed by atoms with Crippen LogP contribution < -0.4 is 0 Å². The van der Waals surface area contributed by atoms with Gasteiger partial charge in [0.25, 0.3) is 0 Å². The highest BCUT2D eigenvalue weighted by atomic mass is 16.3. The van der Waals surface area contributed by atoms with Gasteiger partial charge in [-0.1, -0.05) is 48.2 Å². The molecule has 0 aliphatic heterocycles. The lowest BCUT2D eigenvalue weighted by molar-refractivity contribution is 0.0891. The van der Waals surface area contributed by atoms with Crippen LogP contribution in [0.5, 0.6) is 0 Å². The third kappa shape index (κ3) is 2.21. The summed E-state index contributed by atoms with van der Waals surface area (Å²) in [5, 5.41) is 13.4. The molecular weight excluding hydrogens is 244 g/mol. The molecule has 0 fully saturated rings. The number of aliphatic hydroxyl groups is 1. The van der Waals surface area contributed by atoms with E-state index >= 15 is 0 Å². The maximum atomic E-state index is 11.0. The molecule has 1 aliphatic rings. The number of rotatable bonds is 0. The fourth-order valence-corrected chi connectivity index (χ4v) is 2.84. The van der Waals surface area contributed by atoms with Crippen molar-refractivity contribution >= 4 is 10.8 Å². The highest BCUT2D eigenvalue weighted by molar-refractivity contribution is 5.90. The predicted molar refractivity (Wildman–Crippen MR) is 83.4 cm³/mol. The largest absolute Gasteiger partial charge is 0.373 e. The van der Waals surface area contributed by atoms with E-state index in [1.54, 1.807) is 0 Å². The van der Waals surface area contributed by atoms with Gasteiger partial charge in [0.05, 0.1) is 0 Å². The molecule has 1 N–H and O–H groups in total. The zero-order chi connectivity index (χ0) is 14.4. The summed E-state index contributed by atoms with van der Waals surface area (Å²) in [6.07, 6.45) is 1.55. The lowest BCUT2D eigenvalue weighted by Crippen LogP contribution is -2.28. The third-order valence-corrected chi connectivity index (χ3v) is 3.84. The van der Waals surface area contributed by atoms with E-state index in [-0.39, 0.29) is 5.41 Å². The Kier molecular flexibility index (Phi) is 2.88. The monoisotopic (exact) mass is 264 g/mol. The summed E-state index contributed by atoms with van der Waals surface area (Å²) in [7, 11) is 0. The van der Waals surface area contributed by atoms with Crippen LogP contribution in [0.25, 0.3) is 10.8 Å². The van der Waals surface area contributed by atoms with Gasteiger partial charge in [-0.2, -0.15) is 0 Å². The Morgan fingerprint density at radius 1 is 1.10 bits per heavy atom. The molecule has 1 heteroatoms. The molecule has 0 saturated carbocycles. The minimum atomic E-state index is -1.01. The first kappa shape index (κ1) is 13.2. The Bertz CT molecular complexity index is 719. The number of hydrogen-bond donors (Lipinski definition) is 1. The molecule has 1 atom stereocenters. The molecule has 0 spiro atoms. The average molecular weight is 264 g/mol. The van der Waals surface area contributed by atoms with Crippen molar-refractivity contribution in [3.63, 3.8) is 0 Å². The molecule has 102 valence electrons. The molecule has 1 aliphatic carbocycles. The van der Waals surface area contributed by atoms with Gasteiger partial charge in [-0.05, 0) is 49.9 Å². The van der Waals surface area contributed by atoms with Crippen LogP contribution in [0.4, 0.5) is 0 Å². The van der Waals surface area contributed by atoms with Crippen LogP contribution in [-0.4, -0.2) is 5.11 Å². The van der Waals surface area contributed by atoms with Crippen LogP contribution in [0.15, 0.2) is 36.4 Å². The molecule has 1 nitrogen and oxygen atoms in total. The Balaban J connectivity index is 2.23. The fourth-order valence-electron chi connectivity index (χ4n) is 2.84. The van der Waals surface area contributed by atoms with E-state index in [0.29, 0.717) is 6.42 Å². The van der Waals surface area contributed by atoms with Gasteiger partial charge in [-0.3, -0.25) is 0 Å². The molecule has 3 rings (SSSR count). The van der Waals surface area contributed by atoms with Gasteiger partial charge in [0, 0.05) is 11.0 Å². The minimum absolute atomic E-state index is 0.0966. The van der Waals surface area contributed by atoms with E-state index in [0.717, 1.165) is 12.0 Å². The van der Waals surface area contributed by atoms with E-state index in [2.05, 4.69) is 56.9 Å². The van der Waals surface area contributed by atoms with Gasteiger partial charge >= 0.3 is 0 Å². The van der Waals surface area contributed by atoms with E-state index in [1.165, 1.54) is 16.3 Å². The standard InChI is InChI=1S/C19H20O/c1-18(2,3)12-13-19(20)11-10-15-7-4-6-14-8-5-9-16(19)17(14)15/h4-9,20H,10-11H2,1-3H3. The minimum Gasteiger partial charge on any atom is -0.373 e. The van der Waals surface area contributed by atoms with Crippen LogP contribution in [-0.2, 0) is 12.0 Å². The van der Waals surface area contributed by atoms with Crippen LogP contribution in [0.2, 0.25) is 0 Å².